The van der Waals surface area contributed by atoms with Gasteiger partial charge in [0, 0.05) is 12.2 Å². The predicted octanol–water partition coefficient (Wildman–Crippen LogP) is 5.74. The Morgan fingerprint density at radius 2 is 1.75 bits per heavy atom. The maximum absolute atomic E-state index is 13.6. The summed E-state index contributed by atoms with van der Waals surface area (Å²) >= 11 is 0. The highest BCUT2D eigenvalue weighted by Crippen LogP contribution is 2.40. The first-order valence-electron chi connectivity index (χ1n) is 11.3. The highest BCUT2D eigenvalue weighted by Gasteiger charge is 2.36. The third-order valence-corrected chi connectivity index (χ3v) is 6.67. The lowest BCUT2D eigenvalue weighted by Gasteiger charge is -2.38. The molecule has 8 heteroatoms. The van der Waals surface area contributed by atoms with Crippen LogP contribution in [0.4, 0.5) is 18.9 Å². The van der Waals surface area contributed by atoms with Gasteiger partial charge < -0.3 is 4.90 Å². The van der Waals surface area contributed by atoms with Gasteiger partial charge in [0.1, 0.15) is 6.04 Å². The predicted molar refractivity (Wildman–Crippen MR) is 115 cm³/mol. The number of aryl methyl sites for hydroxylation is 1. The van der Waals surface area contributed by atoms with E-state index in [0.717, 1.165) is 56.8 Å². The van der Waals surface area contributed by atoms with Crippen LogP contribution in [0.2, 0.25) is 0 Å². The zero-order valence-corrected chi connectivity index (χ0v) is 17.8. The Kier molecular flexibility index (Phi) is 5.61. The zero-order valence-electron chi connectivity index (χ0n) is 17.8. The molecule has 3 aromatic rings. The van der Waals surface area contributed by atoms with Gasteiger partial charge in [-0.2, -0.15) is 13.2 Å². The van der Waals surface area contributed by atoms with Crippen molar-refractivity contribution < 1.29 is 13.2 Å². The standard InChI is InChI=1S/C24H26F3N5/c25-24(26,27)19-11-6-9-18(16-19)22(31-15-7-10-17-8-4-5-14-21(17)31)23-28-29-30-32(23)20-12-2-1-3-13-20/h4-6,8-9,11,14,16,20,22H,1-3,7,10,12-13,15H2. The van der Waals surface area contributed by atoms with Crippen molar-refractivity contribution in [2.45, 2.75) is 63.2 Å². The molecule has 0 bridgehead atoms. The Labute approximate surface area is 185 Å². The molecular weight excluding hydrogens is 415 g/mol. The van der Waals surface area contributed by atoms with Crippen LogP contribution in [0.15, 0.2) is 48.5 Å². The molecule has 1 aliphatic heterocycles. The van der Waals surface area contributed by atoms with E-state index < -0.39 is 17.8 Å². The Bertz CT molecular complexity index is 1070. The summed E-state index contributed by atoms with van der Waals surface area (Å²) in [6.07, 6.45) is 2.89. The Morgan fingerprint density at radius 3 is 2.56 bits per heavy atom. The molecule has 2 aromatic carbocycles. The molecule has 1 fully saturated rings. The van der Waals surface area contributed by atoms with Crippen molar-refractivity contribution in [3.05, 3.63) is 71.0 Å². The normalized spacial score (nSPS) is 18.4. The first kappa shape index (κ1) is 21.0. The molecule has 1 saturated carbocycles. The summed E-state index contributed by atoms with van der Waals surface area (Å²) in [5, 5.41) is 12.7. The van der Waals surface area contributed by atoms with Gasteiger partial charge in [0.15, 0.2) is 5.82 Å². The number of halogens is 3. The molecule has 0 spiro atoms. The van der Waals surface area contributed by atoms with Crippen molar-refractivity contribution in [3.8, 4) is 0 Å². The van der Waals surface area contributed by atoms with Gasteiger partial charge >= 0.3 is 6.18 Å². The van der Waals surface area contributed by atoms with Crippen molar-refractivity contribution in [3.63, 3.8) is 0 Å². The second kappa shape index (κ2) is 8.56. The minimum absolute atomic E-state index is 0.182. The van der Waals surface area contributed by atoms with Gasteiger partial charge in [0.2, 0.25) is 0 Å². The first-order valence-corrected chi connectivity index (χ1v) is 11.3. The SMILES string of the molecule is FC(F)(F)c1cccc(C(c2nnnn2C2CCCCC2)N2CCCc3ccccc32)c1. The molecule has 1 aliphatic carbocycles. The number of rotatable bonds is 4. The van der Waals surface area contributed by atoms with Gasteiger partial charge in [0.05, 0.1) is 11.6 Å². The highest BCUT2D eigenvalue weighted by atomic mass is 19.4. The van der Waals surface area contributed by atoms with Gasteiger partial charge in [-0.25, -0.2) is 4.68 Å². The summed E-state index contributed by atoms with van der Waals surface area (Å²) in [5.41, 5.74) is 2.15. The molecule has 0 N–H and O–H groups in total. The molecule has 168 valence electrons. The number of benzene rings is 2. The molecule has 0 radical (unpaired) electrons. The maximum Gasteiger partial charge on any atom is 0.416 e. The minimum atomic E-state index is -4.41. The topological polar surface area (TPSA) is 46.8 Å². The lowest BCUT2D eigenvalue weighted by atomic mass is 9.93. The Hall–Kier alpha value is -2.90. The Balaban J connectivity index is 1.64. The number of nitrogens with zero attached hydrogens (tertiary/aromatic N) is 5. The summed E-state index contributed by atoms with van der Waals surface area (Å²) in [6.45, 7) is 0.732. The van der Waals surface area contributed by atoms with E-state index in [1.165, 1.54) is 24.1 Å². The number of fused-ring (bicyclic) bond motifs is 1. The summed E-state index contributed by atoms with van der Waals surface area (Å²) in [6, 6.07) is 13.4. The van der Waals surface area contributed by atoms with Crippen molar-refractivity contribution in [2.75, 3.05) is 11.4 Å². The molecule has 5 nitrogen and oxygen atoms in total. The second-order valence-electron chi connectivity index (χ2n) is 8.72. The minimum Gasteiger partial charge on any atom is -0.357 e. The van der Waals surface area contributed by atoms with Gasteiger partial charge in [-0.05, 0) is 65.4 Å². The van der Waals surface area contributed by atoms with E-state index in [1.54, 1.807) is 6.07 Å². The lowest BCUT2D eigenvalue weighted by Crippen LogP contribution is -2.36. The third kappa shape index (κ3) is 3.98. The average molecular weight is 442 g/mol. The molecule has 2 heterocycles. The molecule has 5 rings (SSSR count). The highest BCUT2D eigenvalue weighted by molar-refractivity contribution is 5.58. The van der Waals surface area contributed by atoms with E-state index in [4.69, 9.17) is 0 Å². The first-order chi connectivity index (χ1) is 15.5. The van der Waals surface area contributed by atoms with E-state index in [9.17, 15) is 13.2 Å². The molecule has 0 saturated heterocycles. The number of para-hydroxylation sites is 1. The number of aromatic nitrogens is 4. The fourth-order valence-corrected chi connectivity index (χ4v) is 5.15. The second-order valence-corrected chi connectivity index (χ2v) is 8.72. The van der Waals surface area contributed by atoms with Crippen molar-refractivity contribution in [2.24, 2.45) is 0 Å². The van der Waals surface area contributed by atoms with E-state index in [1.807, 2.05) is 22.9 Å². The number of hydrogen-bond acceptors (Lipinski definition) is 4. The summed E-state index contributed by atoms with van der Waals surface area (Å²) in [5.74, 6) is 0.618. The fourth-order valence-electron chi connectivity index (χ4n) is 5.15. The summed E-state index contributed by atoms with van der Waals surface area (Å²) < 4.78 is 42.6. The largest absolute Gasteiger partial charge is 0.416 e. The molecule has 1 unspecified atom stereocenters. The summed E-state index contributed by atoms with van der Waals surface area (Å²) in [7, 11) is 0. The summed E-state index contributed by atoms with van der Waals surface area (Å²) in [4.78, 5) is 2.18. The third-order valence-electron chi connectivity index (χ3n) is 6.67. The lowest BCUT2D eigenvalue weighted by molar-refractivity contribution is -0.137. The van der Waals surface area contributed by atoms with E-state index in [-0.39, 0.29) is 6.04 Å². The van der Waals surface area contributed by atoms with Gasteiger partial charge in [-0.3, -0.25) is 0 Å². The van der Waals surface area contributed by atoms with Crippen molar-refractivity contribution >= 4 is 5.69 Å². The molecule has 1 aromatic heterocycles. The number of hydrogen-bond donors (Lipinski definition) is 0. The van der Waals surface area contributed by atoms with Crippen LogP contribution in [-0.4, -0.2) is 26.8 Å². The van der Waals surface area contributed by atoms with Crippen LogP contribution in [0.3, 0.4) is 0 Å². The van der Waals surface area contributed by atoms with Crippen molar-refractivity contribution in [1.82, 2.24) is 20.2 Å². The van der Waals surface area contributed by atoms with Crippen LogP contribution < -0.4 is 4.90 Å². The van der Waals surface area contributed by atoms with Gasteiger partial charge in [-0.15, -0.1) is 5.10 Å². The van der Waals surface area contributed by atoms with Crippen molar-refractivity contribution in [1.29, 1.82) is 0 Å². The zero-order chi connectivity index (χ0) is 22.1. The van der Waals surface area contributed by atoms with Crippen LogP contribution in [0.25, 0.3) is 0 Å². The smallest absolute Gasteiger partial charge is 0.357 e. The molecule has 32 heavy (non-hydrogen) atoms. The van der Waals surface area contributed by atoms with E-state index in [2.05, 4.69) is 26.5 Å². The quantitative estimate of drug-likeness (QED) is 0.518. The van der Waals surface area contributed by atoms with E-state index in [0.29, 0.717) is 11.4 Å². The number of anilines is 1. The van der Waals surface area contributed by atoms with Gasteiger partial charge in [0.25, 0.3) is 0 Å². The van der Waals surface area contributed by atoms with Gasteiger partial charge in [-0.1, -0.05) is 49.6 Å². The van der Waals surface area contributed by atoms with Crippen LogP contribution in [0.5, 0.6) is 0 Å². The van der Waals surface area contributed by atoms with Crippen LogP contribution in [0, 0.1) is 0 Å². The van der Waals surface area contributed by atoms with E-state index >= 15 is 0 Å². The van der Waals surface area contributed by atoms with Crippen LogP contribution in [-0.2, 0) is 12.6 Å². The maximum atomic E-state index is 13.6. The molecule has 2 aliphatic rings. The number of tetrazole rings is 1. The number of alkyl halides is 3. The monoisotopic (exact) mass is 441 g/mol. The van der Waals surface area contributed by atoms with Crippen LogP contribution in [0.1, 0.15) is 73.1 Å². The Morgan fingerprint density at radius 1 is 0.938 bits per heavy atom. The molecule has 0 amide bonds. The molecular formula is C24H26F3N5. The average Bonchev–Trinajstić information content (AvgIpc) is 3.29. The fraction of sp³-hybridized carbons (Fsp3) is 0.458. The van der Waals surface area contributed by atoms with Crippen LogP contribution >= 0.6 is 0 Å². The molecule has 1 atom stereocenters.